The average Bonchev–Trinajstić information content (AvgIpc) is 2.88. The van der Waals surface area contributed by atoms with E-state index in [2.05, 4.69) is 4.90 Å². The van der Waals surface area contributed by atoms with Crippen LogP contribution in [0.3, 0.4) is 0 Å². The van der Waals surface area contributed by atoms with Gasteiger partial charge in [-0.3, -0.25) is 4.90 Å². The Labute approximate surface area is 208 Å². The first-order valence-electron chi connectivity index (χ1n) is 11.4. The second-order valence-electron chi connectivity index (χ2n) is 8.65. The third-order valence-electron chi connectivity index (χ3n) is 6.43. The summed E-state index contributed by atoms with van der Waals surface area (Å²) in [7, 11) is 3.23. The number of rotatable bonds is 6. The van der Waals surface area contributed by atoms with Crippen LogP contribution in [0.1, 0.15) is 27.8 Å². The van der Waals surface area contributed by atoms with E-state index in [4.69, 9.17) is 30.2 Å². The van der Waals surface area contributed by atoms with E-state index < -0.39 is 0 Å². The molecule has 0 aliphatic carbocycles. The Morgan fingerprint density at radius 1 is 1.00 bits per heavy atom. The van der Waals surface area contributed by atoms with E-state index in [0.717, 1.165) is 27.6 Å². The third-order valence-corrected chi connectivity index (χ3v) is 6.71. The lowest BCUT2D eigenvalue weighted by molar-refractivity contribution is 0.0890. The summed E-state index contributed by atoms with van der Waals surface area (Å²) in [6.45, 7) is 3.46. The number of benzene rings is 3. The van der Waals surface area contributed by atoms with Crippen LogP contribution in [-0.2, 0) is 19.5 Å². The van der Waals surface area contributed by atoms with Crippen LogP contribution in [0.25, 0.3) is 11.0 Å². The van der Waals surface area contributed by atoms with Crippen molar-refractivity contribution in [1.82, 2.24) is 4.90 Å². The number of hydrogen-bond acceptors (Lipinski definition) is 6. The molecule has 0 saturated carbocycles. The topological polar surface area (TPSA) is 61.1 Å². The molecule has 0 amide bonds. The highest BCUT2D eigenvalue weighted by molar-refractivity contribution is 6.33. The highest BCUT2D eigenvalue weighted by Gasteiger charge is 2.26. The van der Waals surface area contributed by atoms with Crippen LogP contribution >= 0.6 is 11.6 Å². The molecule has 0 saturated heterocycles. The Bertz CT molecular complexity index is 1450. The molecule has 0 spiro atoms. The number of halogens is 1. The number of methoxy groups -OCH3 is 2. The highest BCUT2D eigenvalue weighted by atomic mass is 35.5. The van der Waals surface area contributed by atoms with Crippen molar-refractivity contribution >= 4 is 22.6 Å². The van der Waals surface area contributed by atoms with Crippen molar-refractivity contribution < 1.29 is 18.6 Å². The van der Waals surface area contributed by atoms with Gasteiger partial charge in [-0.1, -0.05) is 48.0 Å². The Balaban J connectivity index is 1.50. The molecule has 0 atom stereocenters. The second-order valence-corrected chi connectivity index (χ2v) is 9.06. The van der Waals surface area contributed by atoms with E-state index >= 15 is 0 Å². The second kappa shape index (κ2) is 9.64. The van der Waals surface area contributed by atoms with Crippen LogP contribution in [0, 0.1) is 6.92 Å². The fourth-order valence-electron chi connectivity index (χ4n) is 4.60. The zero-order valence-electron chi connectivity index (χ0n) is 19.9. The quantitative estimate of drug-likeness (QED) is 0.322. The summed E-state index contributed by atoms with van der Waals surface area (Å²) in [5.74, 6) is 1.92. The first-order valence-corrected chi connectivity index (χ1v) is 11.7. The molecule has 4 aromatic rings. The molecule has 0 radical (unpaired) electrons. The molecular formula is C28H26ClNO5. The van der Waals surface area contributed by atoms with Gasteiger partial charge in [0.15, 0.2) is 11.5 Å². The zero-order valence-corrected chi connectivity index (χ0v) is 20.6. The largest absolute Gasteiger partial charge is 0.493 e. The van der Waals surface area contributed by atoms with Crippen LogP contribution in [0.5, 0.6) is 17.2 Å². The molecule has 180 valence electrons. The fraction of sp³-hybridized carbons (Fsp3) is 0.250. The van der Waals surface area contributed by atoms with Crippen molar-refractivity contribution in [2.24, 2.45) is 0 Å². The molecule has 0 fully saturated rings. The van der Waals surface area contributed by atoms with Gasteiger partial charge in [-0.2, -0.15) is 0 Å². The zero-order chi connectivity index (χ0) is 24.5. The van der Waals surface area contributed by atoms with Gasteiger partial charge in [0.2, 0.25) is 0 Å². The van der Waals surface area contributed by atoms with E-state index in [0.29, 0.717) is 59.7 Å². The van der Waals surface area contributed by atoms with Crippen LogP contribution in [0.2, 0.25) is 5.02 Å². The summed E-state index contributed by atoms with van der Waals surface area (Å²) in [4.78, 5) is 15.2. The van der Waals surface area contributed by atoms with Crippen molar-refractivity contribution in [2.75, 3.05) is 21.0 Å². The van der Waals surface area contributed by atoms with Crippen molar-refractivity contribution in [3.05, 3.63) is 97.9 Å². The van der Waals surface area contributed by atoms with Gasteiger partial charge in [0.25, 0.3) is 0 Å². The molecule has 35 heavy (non-hydrogen) atoms. The molecule has 6 nitrogen and oxygen atoms in total. The van der Waals surface area contributed by atoms with Gasteiger partial charge in [0, 0.05) is 30.5 Å². The van der Waals surface area contributed by atoms with Gasteiger partial charge in [-0.05, 0) is 41.8 Å². The lowest BCUT2D eigenvalue weighted by Gasteiger charge is -2.30. The molecule has 1 aliphatic rings. The van der Waals surface area contributed by atoms with Gasteiger partial charge in [0.1, 0.15) is 18.1 Å². The van der Waals surface area contributed by atoms with Crippen LogP contribution < -0.4 is 19.8 Å². The van der Waals surface area contributed by atoms with E-state index in [9.17, 15) is 4.79 Å². The number of hydrogen-bond donors (Lipinski definition) is 0. The summed E-state index contributed by atoms with van der Waals surface area (Å²) < 4.78 is 22.7. The molecule has 2 heterocycles. The summed E-state index contributed by atoms with van der Waals surface area (Å²) in [6, 6.07) is 17.6. The van der Waals surface area contributed by atoms with Crippen molar-refractivity contribution in [2.45, 2.75) is 26.4 Å². The Kier molecular flexibility index (Phi) is 6.41. The summed E-state index contributed by atoms with van der Waals surface area (Å²) in [5.41, 5.74) is 4.59. The Hall–Kier alpha value is -3.48. The summed E-state index contributed by atoms with van der Waals surface area (Å²) in [6.07, 6.45) is 0.502. The average molecular weight is 492 g/mol. The van der Waals surface area contributed by atoms with Gasteiger partial charge < -0.3 is 18.6 Å². The Morgan fingerprint density at radius 3 is 2.51 bits per heavy atom. The maximum absolute atomic E-state index is 13.1. The number of nitrogens with zero attached hydrogens (tertiary/aromatic N) is 1. The molecule has 0 unspecified atom stereocenters. The molecule has 1 aromatic heterocycles. The van der Waals surface area contributed by atoms with Gasteiger partial charge in [-0.15, -0.1) is 0 Å². The molecule has 0 N–H and O–H groups in total. The Morgan fingerprint density at radius 2 is 1.77 bits per heavy atom. The lowest BCUT2D eigenvalue weighted by atomic mass is 9.97. The molecular weight excluding hydrogens is 466 g/mol. The van der Waals surface area contributed by atoms with E-state index in [-0.39, 0.29) is 5.63 Å². The molecule has 0 bridgehead atoms. The minimum Gasteiger partial charge on any atom is -0.493 e. The first kappa shape index (κ1) is 23.3. The van der Waals surface area contributed by atoms with Gasteiger partial charge >= 0.3 is 5.63 Å². The van der Waals surface area contributed by atoms with E-state index in [1.807, 2.05) is 61.5 Å². The number of aryl methyl sites for hydroxylation is 1. The predicted octanol–water partition coefficient (Wildman–Crippen LogP) is 5.71. The monoisotopic (exact) mass is 491 g/mol. The molecule has 5 rings (SSSR count). The predicted molar refractivity (Wildman–Crippen MR) is 136 cm³/mol. The first-order chi connectivity index (χ1) is 17.0. The van der Waals surface area contributed by atoms with E-state index in [1.54, 1.807) is 14.2 Å². The highest BCUT2D eigenvalue weighted by Crippen LogP contribution is 2.40. The number of fused-ring (bicyclic) bond motifs is 3. The third kappa shape index (κ3) is 4.47. The van der Waals surface area contributed by atoms with E-state index in [1.165, 1.54) is 0 Å². The van der Waals surface area contributed by atoms with Crippen LogP contribution in [0.4, 0.5) is 0 Å². The molecule has 3 aromatic carbocycles. The van der Waals surface area contributed by atoms with Crippen LogP contribution in [-0.4, -0.2) is 25.9 Å². The van der Waals surface area contributed by atoms with Gasteiger partial charge in [0.05, 0.1) is 24.8 Å². The molecule has 1 aliphatic heterocycles. The maximum atomic E-state index is 13.1. The summed E-state index contributed by atoms with van der Waals surface area (Å²) in [5, 5.41) is 1.34. The minimum atomic E-state index is -0.333. The maximum Gasteiger partial charge on any atom is 0.340 e. The standard InChI is InChI=1S/C28H26ClNO5/c1-17-20-13-23(29)27-22(26(20)35-28(31)21(17)11-18-7-5-4-6-8-18)15-30(16-34-27)14-19-9-10-24(32-2)25(12-19)33-3/h4-10,12-13H,11,14-16H2,1-3H3. The minimum absolute atomic E-state index is 0.333. The molecule has 7 heteroatoms. The lowest BCUT2D eigenvalue weighted by Crippen LogP contribution is -2.32. The van der Waals surface area contributed by atoms with Crippen molar-refractivity contribution in [3.8, 4) is 17.2 Å². The van der Waals surface area contributed by atoms with Crippen molar-refractivity contribution in [1.29, 1.82) is 0 Å². The normalized spacial score (nSPS) is 13.4. The smallest absolute Gasteiger partial charge is 0.340 e. The van der Waals surface area contributed by atoms with Gasteiger partial charge in [-0.25, -0.2) is 4.79 Å². The SMILES string of the molecule is COc1ccc(CN2COc3c(Cl)cc4c(C)c(Cc5ccccc5)c(=O)oc4c3C2)cc1OC. The fourth-order valence-corrected chi connectivity index (χ4v) is 4.88. The number of ether oxygens (including phenoxy) is 3. The summed E-state index contributed by atoms with van der Waals surface area (Å²) >= 11 is 6.63. The van der Waals surface area contributed by atoms with Crippen LogP contribution in [0.15, 0.2) is 63.8 Å². The van der Waals surface area contributed by atoms with Crippen molar-refractivity contribution in [3.63, 3.8) is 0 Å².